The van der Waals surface area contributed by atoms with Gasteiger partial charge in [0, 0.05) is 18.6 Å². The number of sulfonamides is 1. The molecule has 0 bridgehead atoms. The molecule has 0 unspecified atom stereocenters. The molecule has 2 heterocycles. The van der Waals surface area contributed by atoms with Crippen molar-refractivity contribution in [3.05, 3.63) is 42.5 Å². The highest BCUT2D eigenvalue weighted by molar-refractivity contribution is 7.92. The Bertz CT molecular complexity index is 917. The average Bonchev–Trinajstić information content (AvgIpc) is 2.87. The zero-order valence-corrected chi connectivity index (χ0v) is 12.3. The van der Waals surface area contributed by atoms with E-state index in [1.807, 2.05) is 0 Å². The molecular formula is C13H13N5O2S. The Hall–Kier alpha value is -2.48. The number of fused-ring (bicyclic) bond motifs is 1. The minimum absolute atomic E-state index is 0.0271. The van der Waals surface area contributed by atoms with E-state index in [2.05, 4.69) is 19.9 Å². The predicted octanol–water partition coefficient (Wildman–Crippen LogP) is 1.47. The van der Waals surface area contributed by atoms with Crippen molar-refractivity contribution < 1.29 is 8.42 Å². The van der Waals surface area contributed by atoms with Gasteiger partial charge in [-0.15, -0.1) is 0 Å². The molecule has 0 fully saturated rings. The van der Waals surface area contributed by atoms with Crippen molar-refractivity contribution in [3.63, 3.8) is 0 Å². The minimum Gasteiger partial charge on any atom is -0.339 e. The van der Waals surface area contributed by atoms with E-state index >= 15 is 0 Å². The van der Waals surface area contributed by atoms with Crippen molar-refractivity contribution in [1.29, 1.82) is 0 Å². The summed E-state index contributed by atoms with van der Waals surface area (Å²) in [5, 5.41) is 8.68. The summed E-state index contributed by atoms with van der Waals surface area (Å²) in [6.45, 7) is 1.80. The summed E-state index contributed by atoms with van der Waals surface area (Å²) in [6, 6.07) is 6.98. The fraction of sp³-hybridized carbons (Fsp3) is 0.154. The molecule has 0 aliphatic carbocycles. The molecule has 0 saturated heterocycles. The van der Waals surface area contributed by atoms with Crippen LogP contribution in [0.4, 0.5) is 5.69 Å². The van der Waals surface area contributed by atoms with Gasteiger partial charge in [-0.3, -0.25) is 4.72 Å². The summed E-state index contributed by atoms with van der Waals surface area (Å²) >= 11 is 0. The van der Waals surface area contributed by atoms with Crippen molar-refractivity contribution in [2.75, 3.05) is 4.72 Å². The first-order valence-corrected chi connectivity index (χ1v) is 7.68. The van der Waals surface area contributed by atoms with Crippen LogP contribution in [0.3, 0.4) is 0 Å². The molecule has 3 rings (SSSR count). The van der Waals surface area contributed by atoms with Gasteiger partial charge in [0.15, 0.2) is 5.03 Å². The minimum atomic E-state index is -3.73. The first kappa shape index (κ1) is 13.5. The van der Waals surface area contributed by atoms with Gasteiger partial charge in [0.2, 0.25) is 0 Å². The Morgan fingerprint density at radius 3 is 2.76 bits per heavy atom. The lowest BCUT2D eigenvalue weighted by Crippen LogP contribution is -2.13. The molecule has 2 aromatic heterocycles. The van der Waals surface area contributed by atoms with Crippen molar-refractivity contribution in [2.24, 2.45) is 7.05 Å². The van der Waals surface area contributed by atoms with E-state index in [-0.39, 0.29) is 5.03 Å². The number of imidazole rings is 1. The number of aryl methyl sites for hydroxylation is 2. The van der Waals surface area contributed by atoms with Crippen LogP contribution in [0.1, 0.15) is 5.69 Å². The maximum absolute atomic E-state index is 12.3. The lowest BCUT2D eigenvalue weighted by molar-refractivity contribution is 0.598. The van der Waals surface area contributed by atoms with Gasteiger partial charge in [0.25, 0.3) is 10.0 Å². The van der Waals surface area contributed by atoms with Crippen molar-refractivity contribution >= 4 is 26.6 Å². The van der Waals surface area contributed by atoms with E-state index < -0.39 is 10.0 Å². The number of hydrogen-bond donors (Lipinski definition) is 1. The Kier molecular flexibility index (Phi) is 3.09. The van der Waals surface area contributed by atoms with Crippen molar-refractivity contribution in [1.82, 2.24) is 19.7 Å². The van der Waals surface area contributed by atoms with Gasteiger partial charge in [-0.25, -0.2) is 4.98 Å². The van der Waals surface area contributed by atoms with Crippen LogP contribution in [0, 0.1) is 6.92 Å². The lowest BCUT2D eigenvalue weighted by Gasteiger charge is -2.08. The summed E-state index contributed by atoms with van der Waals surface area (Å²) in [7, 11) is -2.02. The zero-order chi connectivity index (χ0) is 15.0. The number of nitrogens with one attached hydrogen (secondary N) is 1. The molecule has 1 aromatic carbocycles. The highest BCUT2D eigenvalue weighted by atomic mass is 32.2. The smallest absolute Gasteiger partial charge is 0.280 e. The first-order valence-electron chi connectivity index (χ1n) is 6.19. The molecule has 0 aliphatic rings. The first-order chi connectivity index (χ1) is 9.95. The summed E-state index contributed by atoms with van der Waals surface area (Å²) in [6.07, 6.45) is 2.88. The van der Waals surface area contributed by atoms with Crippen molar-refractivity contribution in [2.45, 2.75) is 11.9 Å². The van der Waals surface area contributed by atoms with Crippen LogP contribution in [0.15, 0.2) is 41.8 Å². The molecule has 0 saturated carbocycles. The maximum Gasteiger partial charge on any atom is 0.280 e. The zero-order valence-electron chi connectivity index (χ0n) is 11.5. The number of anilines is 1. The largest absolute Gasteiger partial charge is 0.339 e. The van der Waals surface area contributed by atoms with E-state index in [0.29, 0.717) is 22.3 Å². The molecule has 0 aliphatic heterocycles. The number of hydrogen-bond acceptors (Lipinski definition) is 5. The molecule has 0 radical (unpaired) electrons. The van der Waals surface area contributed by atoms with E-state index in [1.54, 1.807) is 42.8 Å². The van der Waals surface area contributed by atoms with Crippen LogP contribution in [0.5, 0.6) is 0 Å². The summed E-state index contributed by atoms with van der Waals surface area (Å²) in [5.74, 6) is 0. The normalized spacial score (nSPS) is 11.7. The number of benzene rings is 1. The molecular weight excluding hydrogens is 290 g/mol. The Labute approximate surface area is 121 Å². The second-order valence-electron chi connectivity index (χ2n) is 4.71. The van der Waals surface area contributed by atoms with E-state index in [9.17, 15) is 8.42 Å². The van der Waals surface area contributed by atoms with Crippen LogP contribution in [0.25, 0.3) is 10.9 Å². The molecule has 108 valence electrons. The molecule has 0 spiro atoms. The van der Waals surface area contributed by atoms with Gasteiger partial charge in [-0.1, -0.05) is 6.07 Å². The van der Waals surface area contributed by atoms with Crippen LogP contribution in [-0.2, 0) is 17.1 Å². The fourth-order valence-corrected chi connectivity index (χ4v) is 3.04. The number of nitrogens with zero attached hydrogens (tertiary/aromatic N) is 4. The Balaban J connectivity index is 2.08. The van der Waals surface area contributed by atoms with Gasteiger partial charge in [0.05, 0.1) is 23.2 Å². The third-order valence-corrected chi connectivity index (χ3v) is 4.20. The van der Waals surface area contributed by atoms with E-state index in [0.717, 1.165) is 0 Å². The number of aromatic nitrogens is 4. The number of rotatable bonds is 3. The third kappa shape index (κ3) is 2.57. The Morgan fingerprint density at radius 2 is 2.05 bits per heavy atom. The standard InChI is InChI=1S/C13H13N5O2S/c1-9-6-10-11(16-15-9)4-3-5-12(10)17-21(19,20)13-7-18(2)8-14-13/h3-8,17H,1-2H3. The molecule has 8 heteroatoms. The molecule has 0 atom stereocenters. The van der Waals surface area contributed by atoms with Gasteiger partial charge >= 0.3 is 0 Å². The predicted molar refractivity (Wildman–Crippen MR) is 78.3 cm³/mol. The summed E-state index contributed by atoms with van der Waals surface area (Å²) in [5.41, 5.74) is 1.80. The van der Waals surface area contributed by atoms with Gasteiger partial charge in [-0.2, -0.15) is 18.6 Å². The van der Waals surface area contributed by atoms with Crippen LogP contribution in [-0.4, -0.2) is 28.2 Å². The van der Waals surface area contributed by atoms with Gasteiger partial charge < -0.3 is 4.57 Å². The van der Waals surface area contributed by atoms with Gasteiger partial charge in [-0.05, 0) is 25.1 Å². The monoisotopic (exact) mass is 303 g/mol. The highest BCUT2D eigenvalue weighted by Crippen LogP contribution is 2.24. The average molecular weight is 303 g/mol. The lowest BCUT2D eigenvalue weighted by atomic mass is 10.2. The molecule has 1 N–H and O–H groups in total. The van der Waals surface area contributed by atoms with Gasteiger partial charge in [0.1, 0.15) is 0 Å². The van der Waals surface area contributed by atoms with Crippen molar-refractivity contribution in [3.8, 4) is 0 Å². The second-order valence-corrected chi connectivity index (χ2v) is 6.34. The fourth-order valence-electron chi connectivity index (χ4n) is 1.98. The van der Waals surface area contributed by atoms with Crippen LogP contribution >= 0.6 is 0 Å². The molecule has 3 aromatic rings. The van der Waals surface area contributed by atoms with E-state index in [1.165, 1.54) is 12.5 Å². The Morgan fingerprint density at radius 1 is 1.24 bits per heavy atom. The second kappa shape index (κ2) is 4.81. The highest BCUT2D eigenvalue weighted by Gasteiger charge is 2.18. The maximum atomic E-state index is 12.3. The van der Waals surface area contributed by atoms with Crippen LogP contribution in [0.2, 0.25) is 0 Å². The van der Waals surface area contributed by atoms with E-state index in [4.69, 9.17) is 0 Å². The quantitative estimate of drug-likeness (QED) is 0.791. The molecule has 21 heavy (non-hydrogen) atoms. The summed E-state index contributed by atoms with van der Waals surface area (Å²) < 4.78 is 28.8. The molecule has 7 nitrogen and oxygen atoms in total. The molecule has 0 amide bonds. The SMILES string of the molecule is Cc1cc2c(NS(=O)(=O)c3cn(C)cn3)cccc2nn1. The topological polar surface area (TPSA) is 89.8 Å². The summed E-state index contributed by atoms with van der Waals surface area (Å²) in [4.78, 5) is 3.87. The van der Waals surface area contributed by atoms with Crippen LogP contribution < -0.4 is 4.72 Å². The third-order valence-electron chi connectivity index (χ3n) is 2.95.